The highest BCUT2D eigenvalue weighted by Gasteiger charge is 1.98. The van der Waals surface area contributed by atoms with Gasteiger partial charge in [-0.15, -0.1) is 11.3 Å². The Labute approximate surface area is 80.6 Å². The van der Waals surface area contributed by atoms with Crippen LogP contribution >= 0.6 is 11.3 Å². The molecule has 1 heterocycles. The first-order chi connectivity index (χ1) is 6.18. The summed E-state index contributed by atoms with van der Waals surface area (Å²) in [5.41, 5.74) is 0. The van der Waals surface area contributed by atoms with Crippen LogP contribution in [0.3, 0.4) is 0 Å². The summed E-state index contributed by atoms with van der Waals surface area (Å²) in [6, 6.07) is 0. The summed E-state index contributed by atoms with van der Waals surface area (Å²) in [7, 11) is 0. The van der Waals surface area contributed by atoms with Crippen LogP contribution in [0.15, 0.2) is 6.20 Å². The largest absolute Gasteiger partial charge is 0.481 e. The lowest BCUT2D eigenvalue weighted by atomic mass is 10.4. The maximum atomic E-state index is 10.2. The van der Waals surface area contributed by atoms with Crippen molar-refractivity contribution in [1.29, 1.82) is 0 Å². The van der Waals surface area contributed by atoms with Gasteiger partial charge in [-0.2, -0.15) is 0 Å². The second-order valence-corrected chi connectivity index (χ2v) is 3.99. The maximum absolute atomic E-state index is 10.2. The molecule has 4 nitrogen and oxygen atoms in total. The number of nitrogens with zero attached hydrogens (tertiary/aromatic N) is 1. The van der Waals surface area contributed by atoms with E-state index in [4.69, 9.17) is 5.11 Å². The van der Waals surface area contributed by atoms with Crippen molar-refractivity contribution in [2.75, 3.05) is 6.54 Å². The highest BCUT2D eigenvalue weighted by Crippen LogP contribution is 2.10. The monoisotopic (exact) mass is 200 g/mol. The number of carbonyl (C=O) groups is 1. The van der Waals surface area contributed by atoms with Crippen LogP contribution in [0, 0.1) is 6.92 Å². The summed E-state index contributed by atoms with van der Waals surface area (Å²) in [6.45, 7) is 3.16. The summed E-state index contributed by atoms with van der Waals surface area (Å²) in [4.78, 5) is 15.4. The van der Waals surface area contributed by atoms with E-state index >= 15 is 0 Å². The molecule has 2 N–H and O–H groups in total. The van der Waals surface area contributed by atoms with Gasteiger partial charge in [0.05, 0.1) is 11.4 Å². The van der Waals surface area contributed by atoms with E-state index in [1.807, 2.05) is 13.1 Å². The van der Waals surface area contributed by atoms with Crippen molar-refractivity contribution in [3.8, 4) is 0 Å². The number of rotatable bonds is 5. The average Bonchev–Trinajstić information content (AvgIpc) is 2.45. The number of carboxylic acid groups (broad SMARTS) is 1. The number of aliphatic carboxylic acids is 1. The standard InChI is InChI=1S/C8H12N2O2S/c1-6-10-5-7(13-6)4-9-3-2-8(11)12/h5,9H,2-4H2,1H3,(H,11,12). The molecule has 1 aromatic heterocycles. The molecule has 0 bridgehead atoms. The molecule has 13 heavy (non-hydrogen) atoms. The number of aryl methyl sites for hydroxylation is 1. The van der Waals surface area contributed by atoms with Crippen LogP contribution in [0.5, 0.6) is 0 Å². The SMILES string of the molecule is Cc1ncc(CNCCC(=O)O)s1. The lowest BCUT2D eigenvalue weighted by molar-refractivity contribution is -0.136. The first-order valence-corrected chi connectivity index (χ1v) is 4.84. The first-order valence-electron chi connectivity index (χ1n) is 4.02. The van der Waals surface area contributed by atoms with E-state index in [9.17, 15) is 4.79 Å². The molecule has 5 heteroatoms. The molecular formula is C8H12N2O2S. The predicted octanol–water partition coefficient (Wildman–Crippen LogP) is 1.02. The lowest BCUT2D eigenvalue weighted by Crippen LogP contribution is -2.16. The molecule has 72 valence electrons. The van der Waals surface area contributed by atoms with Gasteiger partial charge in [0.2, 0.25) is 0 Å². The molecule has 0 saturated heterocycles. The Morgan fingerprint density at radius 3 is 3.08 bits per heavy atom. The summed E-state index contributed by atoms with van der Waals surface area (Å²) >= 11 is 1.63. The van der Waals surface area contributed by atoms with E-state index in [2.05, 4.69) is 10.3 Å². The topological polar surface area (TPSA) is 62.2 Å². The first kappa shape index (κ1) is 10.1. The molecule has 0 aliphatic heterocycles. The van der Waals surface area contributed by atoms with Crippen LogP contribution in [0.25, 0.3) is 0 Å². The van der Waals surface area contributed by atoms with Gasteiger partial charge in [0.15, 0.2) is 0 Å². The molecule has 0 amide bonds. The van der Waals surface area contributed by atoms with Crippen LogP contribution in [0.1, 0.15) is 16.3 Å². The molecule has 0 fully saturated rings. The van der Waals surface area contributed by atoms with Crippen molar-refractivity contribution < 1.29 is 9.90 Å². The Kier molecular flexibility index (Phi) is 3.85. The van der Waals surface area contributed by atoms with Gasteiger partial charge in [-0.1, -0.05) is 0 Å². The van der Waals surface area contributed by atoms with Crippen LogP contribution in [-0.2, 0) is 11.3 Å². The highest BCUT2D eigenvalue weighted by atomic mass is 32.1. The zero-order valence-corrected chi connectivity index (χ0v) is 8.23. The van der Waals surface area contributed by atoms with Crippen molar-refractivity contribution in [2.45, 2.75) is 19.9 Å². The van der Waals surface area contributed by atoms with Crippen molar-refractivity contribution in [1.82, 2.24) is 10.3 Å². The van der Waals surface area contributed by atoms with E-state index in [-0.39, 0.29) is 6.42 Å². The zero-order valence-electron chi connectivity index (χ0n) is 7.41. The van der Waals surface area contributed by atoms with E-state index in [0.717, 1.165) is 9.88 Å². The Morgan fingerprint density at radius 1 is 1.77 bits per heavy atom. The van der Waals surface area contributed by atoms with Gasteiger partial charge in [0.1, 0.15) is 0 Å². The zero-order chi connectivity index (χ0) is 9.68. The molecule has 0 radical (unpaired) electrons. The van der Waals surface area contributed by atoms with Gasteiger partial charge >= 0.3 is 5.97 Å². The van der Waals surface area contributed by atoms with Crippen LogP contribution in [0.2, 0.25) is 0 Å². The summed E-state index contributed by atoms with van der Waals surface area (Å²) in [5, 5.41) is 12.4. The second-order valence-electron chi connectivity index (χ2n) is 2.67. The van der Waals surface area contributed by atoms with Crippen molar-refractivity contribution in [2.24, 2.45) is 0 Å². The van der Waals surface area contributed by atoms with Gasteiger partial charge < -0.3 is 10.4 Å². The van der Waals surface area contributed by atoms with Crippen molar-refractivity contribution >= 4 is 17.3 Å². The fraction of sp³-hybridized carbons (Fsp3) is 0.500. The summed E-state index contributed by atoms with van der Waals surface area (Å²) in [5.74, 6) is -0.770. The second kappa shape index (κ2) is 4.94. The van der Waals surface area contributed by atoms with E-state index in [1.54, 1.807) is 11.3 Å². The minimum atomic E-state index is -0.770. The van der Waals surface area contributed by atoms with E-state index < -0.39 is 5.97 Å². The van der Waals surface area contributed by atoms with Gasteiger partial charge in [-0.25, -0.2) is 4.98 Å². The van der Waals surface area contributed by atoms with Gasteiger partial charge in [0, 0.05) is 24.2 Å². The third-order valence-corrected chi connectivity index (χ3v) is 2.40. The van der Waals surface area contributed by atoms with Gasteiger partial charge in [-0.05, 0) is 6.92 Å². The fourth-order valence-electron chi connectivity index (χ4n) is 0.894. The van der Waals surface area contributed by atoms with Gasteiger partial charge in [0.25, 0.3) is 0 Å². The van der Waals surface area contributed by atoms with Crippen molar-refractivity contribution in [3.05, 3.63) is 16.1 Å². The molecule has 0 saturated carbocycles. The highest BCUT2D eigenvalue weighted by molar-refractivity contribution is 7.11. The number of aromatic nitrogens is 1. The quantitative estimate of drug-likeness (QED) is 0.696. The number of hydrogen-bond donors (Lipinski definition) is 2. The molecular weight excluding hydrogens is 188 g/mol. The number of thiazole rings is 1. The molecule has 1 aromatic rings. The molecule has 0 unspecified atom stereocenters. The summed E-state index contributed by atoms with van der Waals surface area (Å²) < 4.78 is 0. The number of carboxylic acids is 1. The van der Waals surface area contributed by atoms with Crippen molar-refractivity contribution in [3.63, 3.8) is 0 Å². The number of hydrogen-bond acceptors (Lipinski definition) is 4. The average molecular weight is 200 g/mol. The fourth-order valence-corrected chi connectivity index (χ4v) is 1.66. The molecule has 0 spiro atoms. The third-order valence-electron chi connectivity index (χ3n) is 1.48. The minimum absolute atomic E-state index is 0.164. The van der Waals surface area contributed by atoms with Crippen LogP contribution < -0.4 is 5.32 Å². The molecule has 0 aromatic carbocycles. The molecule has 0 atom stereocenters. The Balaban J connectivity index is 2.16. The normalized spacial score (nSPS) is 10.2. The van der Waals surface area contributed by atoms with Gasteiger partial charge in [-0.3, -0.25) is 4.79 Å². The Morgan fingerprint density at radius 2 is 2.54 bits per heavy atom. The summed E-state index contributed by atoms with van der Waals surface area (Å²) in [6.07, 6.45) is 1.98. The smallest absolute Gasteiger partial charge is 0.304 e. The van der Waals surface area contributed by atoms with Crippen LogP contribution in [-0.4, -0.2) is 22.6 Å². The molecule has 1 rings (SSSR count). The third kappa shape index (κ3) is 4.00. The number of nitrogens with one attached hydrogen (secondary N) is 1. The van der Waals surface area contributed by atoms with E-state index in [1.165, 1.54) is 0 Å². The Bertz CT molecular complexity index is 285. The predicted molar refractivity (Wildman–Crippen MR) is 50.8 cm³/mol. The molecule has 0 aliphatic carbocycles. The minimum Gasteiger partial charge on any atom is -0.481 e. The van der Waals surface area contributed by atoms with Crippen LogP contribution in [0.4, 0.5) is 0 Å². The lowest BCUT2D eigenvalue weighted by Gasteiger charge is -1.98. The maximum Gasteiger partial charge on any atom is 0.304 e. The van der Waals surface area contributed by atoms with E-state index in [0.29, 0.717) is 13.1 Å². The Hall–Kier alpha value is -0.940. The molecule has 0 aliphatic rings.